The van der Waals surface area contributed by atoms with Crippen molar-refractivity contribution in [2.24, 2.45) is 5.92 Å². The second-order valence-electron chi connectivity index (χ2n) is 13.0. The number of allylic oxidation sites excluding steroid dienone is 1. The van der Waals surface area contributed by atoms with Gasteiger partial charge >= 0.3 is 0 Å². The molecule has 4 aromatic rings. The van der Waals surface area contributed by atoms with Crippen LogP contribution in [0.25, 0.3) is 0 Å². The molecule has 8 atom stereocenters. The first kappa shape index (κ1) is 37.3. The van der Waals surface area contributed by atoms with Crippen molar-refractivity contribution in [1.82, 2.24) is 15.0 Å². The number of hydrogen-bond acceptors (Lipinski definition) is 11. The molecule has 3 aromatic carbocycles. The minimum atomic E-state index is -1.90. The van der Waals surface area contributed by atoms with E-state index in [0.717, 1.165) is 5.56 Å². The van der Waals surface area contributed by atoms with E-state index in [0.29, 0.717) is 46.2 Å². The first-order valence-electron chi connectivity index (χ1n) is 16.8. The zero-order valence-electron chi connectivity index (χ0n) is 28.1. The molecule has 0 saturated carbocycles. The van der Waals surface area contributed by atoms with Crippen LogP contribution in [0.4, 0.5) is 11.4 Å². The lowest BCUT2D eigenvalue weighted by atomic mass is 9.83. The van der Waals surface area contributed by atoms with E-state index in [1.165, 1.54) is 4.90 Å². The van der Waals surface area contributed by atoms with Gasteiger partial charge in [0.2, 0.25) is 0 Å². The number of aryl methyl sites for hydroxylation is 1. The number of rotatable bonds is 12. The third-order valence-electron chi connectivity index (χ3n) is 9.55. The molecule has 1 fully saturated rings. The van der Waals surface area contributed by atoms with Crippen molar-refractivity contribution in [3.05, 3.63) is 119 Å². The van der Waals surface area contributed by atoms with Gasteiger partial charge in [0.25, 0.3) is 11.8 Å². The number of hydrogen-bond donors (Lipinski definition) is 7. The largest absolute Gasteiger partial charge is 0.395 e. The molecule has 2 aliphatic rings. The fourth-order valence-electron chi connectivity index (χ4n) is 6.53. The van der Waals surface area contributed by atoms with Crippen molar-refractivity contribution < 1.29 is 45.0 Å². The van der Waals surface area contributed by atoms with Crippen LogP contribution in [0.15, 0.2) is 91.1 Å². The van der Waals surface area contributed by atoms with E-state index < -0.39 is 54.0 Å². The SMILES string of the molecule is C[C@@H](/C=C/CCn1cc(C(CO)c2ccccc2)nn1)[C@]1(O)C(=O)N(Cc2ccc(NC(=O)[C@H]3O[C@@H](O)[C@H](O)[C@@H](O)[C@@H]3O)cc2)c2ccc(Cl)cc21. The number of nitrogens with zero attached hydrogens (tertiary/aromatic N) is 4. The third kappa shape index (κ3) is 7.38. The Bertz CT molecular complexity index is 1910. The molecular weight excluding hydrogens is 694 g/mol. The fraction of sp³-hybridized carbons (Fsp3) is 0.351. The third-order valence-corrected chi connectivity index (χ3v) is 9.78. The number of aliphatic hydroxyl groups is 6. The predicted octanol–water partition coefficient (Wildman–Crippen LogP) is 1.81. The van der Waals surface area contributed by atoms with Crippen LogP contribution < -0.4 is 10.2 Å². The lowest BCUT2D eigenvalue weighted by molar-refractivity contribution is -0.274. The van der Waals surface area contributed by atoms with Gasteiger partial charge in [-0.2, -0.15) is 0 Å². The van der Waals surface area contributed by atoms with Crippen molar-refractivity contribution in [3.8, 4) is 0 Å². The standard InChI is InChI=1S/C37H40ClN5O9/c1-21(7-5-6-16-42-19-28(40-41-42)26(20-44)23-8-3-2-4-9-23)37(51)27-17-24(38)12-15-29(27)43(36(37)50)18-22-10-13-25(14-11-22)39-34(48)33-31(46)30(45)32(47)35(49)52-33/h2-5,7-15,17,19,21,26,30-33,35,44-47,49,51H,6,16,18,20H2,1H3,(H,39,48)/b7-5+/t21-,26?,30-,31-,32+,33-,35+,37+/m0/s1. The quantitative estimate of drug-likeness (QED) is 0.104. The monoisotopic (exact) mass is 733 g/mol. The molecule has 3 heterocycles. The second kappa shape index (κ2) is 15.6. The Morgan fingerprint density at radius 1 is 1.04 bits per heavy atom. The number of fused-ring (bicyclic) bond motifs is 1. The smallest absolute Gasteiger partial charge is 0.264 e. The molecule has 1 aromatic heterocycles. The van der Waals surface area contributed by atoms with Crippen LogP contribution in [-0.4, -0.2) is 94.8 Å². The van der Waals surface area contributed by atoms with E-state index in [-0.39, 0.29) is 19.1 Å². The van der Waals surface area contributed by atoms with E-state index in [9.17, 15) is 40.2 Å². The summed E-state index contributed by atoms with van der Waals surface area (Å²) in [5.74, 6) is -2.30. The number of benzene rings is 3. The molecule has 15 heteroatoms. The Morgan fingerprint density at radius 3 is 2.48 bits per heavy atom. The normalized spacial score (nSPS) is 25.7. The van der Waals surface area contributed by atoms with Gasteiger partial charge < -0.3 is 45.6 Å². The summed E-state index contributed by atoms with van der Waals surface area (Å²) < 4.78 is 6.67. The van der Waals surface area contributed by atoms with Gasteiger partial charge in [0.15, 0.2) is 18.0 Å². The second-order valence-corrected chi connectivity index (χ2v) is 13.4. The maximum atomic E-state index is 14.0. The van der Waals surface area contributed by atoms with Gasteiger partial charge in [-0.05, 0) is 47.9 Å². The van der Waals surface area contributed by atoms with Crippen molar-refractivity contribution in [1.29, 1.82) is 0 Å². The Morgan fingerprint density at radius 2 is 1.77 bits per heavy atom. The fourth-order valence-corrected chi connectivity index (χ4v) is 6.70. The summed E-state index contributed by atoms with van der Waals surface area (Å²) in [6, 6.07) is 21.0. The maximum Gasteiger partial charge on any atom is 0.264 e. The molecule has 0 radical (unpaired) electrons. The van der Waals surface area contributed by atoms with Crippen LogP contribution in [0.2, 0.25) is 5.02 Å². The van der Waals surface area contributed by atoms with E-state index in [2.05, 4.69) is 15.6 Å². The van der Waals surface area contributed by atoms with Crippen molar-refractivity contribution in [2.75, 3.05) is 16.8 Å². The number of ether oxygens (including phenoxy) is 1. The molecule has 6 rings (SSSR count). The molecule has 0 aliphatic carbocycles. The molecule has 0 spiro atoms. The van der Waals surface area contributed by atoms with Crippen molar-refractivity contribution >= 4 is 34.8 Å². The van der Waals surface area contributed by atoms with Gasteiger partial charge in [-0.15, -0.1) is 5.10 Å². The first-order chi connectivity index (χ1) is 24.9. The van der Waals surface area contributed by atoms with Crippen molar-refractivity contribution in [2.45, 2.75) is 68.7 Å². The zero-order chi connectivity index (χ0) is 37.2. The Balaban J connectivity index is 1.10. The summed E-state index contributed by atoms with van der Waals surface area (Å²) in [6.45, 7) is 2.23. The molecule has 2 aliphatic heterocycles. The first-order valence-corrected chi connectivity index (χ1v) is 17.1. The maximum absolute atomic E-state index is 14.0. The minimum Gasteiger partial charge on any atom is -0.395 e. The topological polar surface area (TPSA) is 211 Å². The van der Waals surface area contributed by atoms with Gasteiger partial charge in [0.05, 0.1) is 30.5 Å². The van der Waals surface area contributed by atoms with Gasteiger partial charge in [-0.3, -0.25) is 14.3 Å². The number of carbonyl (C=O) groups excluding carboxylic acids is 2. The summed E-state index contributed by atoms with van der Waals surface area (Å²) in [4.78, 5) is 28.2. The Kier molecular flexibility index (Phi) is 11.2. The summed E-state index contributed by atoms with van der Waals surface area (Å²) in [6.07, 6.45) is -2.81. The summed E-state index contributed by atoms with van der Waals surface area (Å²) in [5, 5.41) is 72.8. The predicted molar refractivity (Wildman–Crippen MR) is 189 cm³/mol. The summed E-state index contributed by atoms with van der Waals surface area (Å²) >= 11 is 6.34. The lowest BCUT2D eigenvalue weighted by Gasteiger charge is -2.37. The average Bonchev–Trinajstić information content (AvgIpc) is 3.69. The molecule has 14 nitrogen and oxygen atoms in total. The Labute approximate surface area is 304 Å². The minimum absolute atomic E-state index is 0.0909. The van der Waals surface area contributed by atoms with Gasteiger partial charge in [-0.1, -0.05) is 78.4 Å². The highest BCUT2D eigenvalue weighted by Crippen LogP contribution is 2.46. The number of carbonyl (C=O) groups is 2. The van der Waals surface area contributed by atoms with Crippen LogP contribution in [0.1, 0.15) is 41.6 Å². The molecule has 274 valence electrons. The van der Waals surface area contributed by atoms with E-state index in [1.54, 1.807) is 66.3 Å². The molecule has 7 N–H and O–H groups in total. The van der Waals surface area contributed by atoms with Gasteiger partial charge in [-0.25, -0.2) is 0 Å². The van der Waals surface area contributed by atoms with Crippen molar-refractivity contribution in [3.63, 3.8) is 0 Å². The molecule has 1 saturated heterocycles. The van der Waals surface area contributed by atoms with Crippen LogP contribution in [0, 0.1) is 5.92 Å². The number of aliphatic hydroxyl groups excluding tert-OH is 5. The molecule has 0 bridgehead atoms. The summed E-state index contributed by atoms with van der Waals surface area (Å²) in [5.41, 5.74) is 1.55. The van der Waals surface area contributed by atoms with Gasteiger partial charge in [0, 0.05) is 34.9 Å². The molecule has 1 unspecified atom stereocenters. The number of halogens is 1. The van der Waals surface area contributed by atoms with Gasteiger partial charge in [0.1, 0.15) is 18.3 Å². The summed E-state index contributed by atoms with van der Waals surface area (Å²) in [7, 11) is 0. The highest BCUT2D eigenvalue weighted by atomic mass is 35.5. The highest BCUT2D eigenvalue weighted by molar-refractivity contribution is 6.31. The molecule has 52 heavy (non-hydrogen) atoms. The van der Waals surface area contributed by atoms with E-state index in [1.807, 2.05) is 36.4 Å². The van der Waals surface area contributed by atoms with Crippen LogP contribution in [0.3, 0.4) is 0 Å². The van der Waals surface area contributed by atoms with Crippen LogP contribution in [-0.2, 0) is 33.0 Å². The molecular formula is C37H40ClN5O9. The number of aromatic nitrogens is 3. The number of nitrogens with one attached hydrogen (secondary N) is 1. The van der Waals surface area contributed by atoms with Crippen LogP contribution in [0.5, 0.6) is 0 Å². The zero-order valence-corrected chi connectivity index (χ0v) is 28.9. The number of anilines is 2. The lowest BCUT2D eigenvalue weighted by Crippen LogP contribution is -2.60. The van der Waals surface area contributed by atoms with Crippen LogP contribution >= 0.6 is 11.6 Å². The van der Waals surface area contributed by atoms with E-state index in [4.69, 9.17) is 16.3 Å². The highest BCUT2D eigenvalue weighted by Gasteiger charge is 2.52. The average molecular weight is 734 g/mol. The molecule has 2 amide bonds. The van der Waals surface area contributed by atoms with E-state index >= 15 is 0 Å². The number of amides is 2. The Hall–Kier alpha value is -4.51.